The molecular formula is C11H15NO3. The zero-order chi connectivity index (χ0) is 11.3. The molecule has 0 aromatic carbocycles. The van der Waals surface area contributed by atoms with Gasteiger partial charge in [-0.15, -0.1) is 0 Å². The molecule has 1 fully saturated rings. The molecule has 1 aliphatic rings. The second-order valence-electron chi connectivity index (χ2n) is 3.27. The van der Waals surface area contributed by atoms with Gasteiger partial charge in [-0.05, 0) is 6.42 Å². The summed E-state index contributed by atoms with van der Waals surface area (Å²) in [5.74, 6) is -0.110. The third-order valence-corrected chi connectivity index (χ3v) is 2.40. The molecule has 0 saturated carbocycles. The fraction of sp³-hybridized carbons (Fsp3) is 0.455. The minimum absolute atomic E-state index is 0.110. The lowest BCUT2D eigenvalue weighted by Crippen LogP contribution is -2.66. The summed E-state index contributed by atoms with van der Waals surface area (Å²) < 4.78 is 4.90. The van der Waals surface area contributed by atoms with Crippen LogP contribution in [0, 0.1) is 0 Å². The number of carbonyl (C=O) groups excluding carboxylic acids is 2. The van der Waals surface area contributed by atoms with Crippen molar-refractivity contribution < 1.29 is 14.3 Å². The summed E-state index contributed by atoms with van der Waals surface area (Å²) in [6, 6.07) is -0.417. The Hall–Kier alpha value is -1.42. The van der Waals surface area contributed by atoms with Crippen LogP contribution in [0.25, 0.3) is 0 Å². The Morgan fingerprint density at radius 2 is 2.33 bits per heavy atom. The lowest BCUT2D eigenvalue weighted by molar-refractivity contribution is -0.171. The van der Waals surface area contributed by atoms with E-state index in [4.69, 9.17) is 4.74 Å². The third kappa shape index (κ3) is 2.33. The van der Waals surface area contributed by atoms with Crippen LogP contribution in [0.1, 0.15) is 6.42 Å². The molecule has 1 rings (SSSR count). The molecule has 0 aromatic rings. The first-order chi connectivity index (χ1) is 7.26. The lowest BCUT2D eigenvalue weighted by Gasteiger charge is -2.42. The molecule has 4 nitrogen and oxygen atoms in total. The monoisotopic (exact) mass is 209 g/mol. The zero-order valence-corrected chi connectivity index (χ0v) is 8.76. The molecule has 0 spiro atoms. The second-order valence-corrected chi connectivity index (χ2v) is 3.27. The van der Waals surface area contributed by atoms with Gasteiger partial charge in [0.2, 0.25) is 0 Å². The zero-order valence-electron chi connectivity index (χ0n) is 8.76. The molecule has 0 radical (unpaired) electrons. The molecule has 0 unspecified atom stereocenters. The van der Waals surface area contributed by atoms with Crippen molar-refractivity contribution >= 4 is 12.2 Å². The number of hydrogen-bond acceptors (Lipinski definition) is 3. The van der Waals surface area contributed by atoms with Gasteiger partial charge in [0.15, 0.2) is 6.10 Å². The summed E-state index contributed by atoms with van der Waals surface area (Å²) in [4.78, 5) is 23.6. The van der Waals surface area contributed by atoms with E-state index < -0.39 is 12.1 Å². The molecule has 0 aliphatic carbocycles. The van der Waals surface area contributed by atoms with Gasteiger partial charge in [0, 0.05) is 13.7 Å². The maximum atomic E-state index is 11.4. The predicted octanol–water partition coefficient (Wildman–Crippen LogP) is 0.543. The van der Waals surface area contributed by atoms with E-state index in [1.54, 1.807) is 6.08 Å². The van der Waals surface area contributed by atoms with Crippen LogP contribution in [0.5, 0.6) is 0 Å². The number of rotatable bonds is 6. The third-order valence-electron chi connectivity index (χ3n) is 2.40. The minimum atomic E-state index is -0.578. The summed E-state index contributed by atoms with van der Waals surface area (Å²) in [6.45, 7) is 4.09. The van der Waals surface area contributed by atoms with Crippen LogP contribution in [0.3, 0.4) is 0 Å². The Morgan fingerprint density at radius 1 is 1.60 bits per heavy atom. The van der Waals surface area contributed by atoms with Crippen molar-refractivity contribution in [3.05, 3.63) is 24.8 Å². The number of methoxy groups -OCH3 is 1. The highest BCUT2D eigenvalue weighted by molar-refractivity contribution is 5.95. The molecule has 82 valence electrons. The summed E-state index contributed by atoms with van der Waals surface area (Å²) >= 11 is 0. The van der Waals surface area contributed by atoms with Gasteiger partial charge >= 0.3 is 0 Å². The molecule has 1 amide bonds. The summed E-state index contributed by atoms with van der Waals surface area (Å²) in [5, 5.41) is 0. The van der Waals surface area contributed by atoms with E-state index in [2.05, 4.69) is 6.58 Å². The average Bonchev–Trinajstić information content (AvgIpc) is 2.25. The fourth-order valence-corrected chi connectivity index (χ4v) is 1.59. The number of aldehydes is 1. The van der Waals surface area contributed by atoms with Crippen molar-refractivity contribution in [2.24, 2.45) is 0 Å². The van der Waals surface area contributed by atoms with Gasteiger partial charge in [-0.2, -0.15) is 0 Å². The lowest BCUT2D eigenvalue weighted by atomic mass is 9.99. The van der Waals surface area contributed by atoms with Crippen LogP contribution in [0.15, 0.2) is 24.8 Å². The maximum absolute atomic E-state index is 11.4. The Labute approximate surface area is 89.2 Å². The normalized spacial score (nSPS) is 25.4. The van der Waals surface area contributed by atoms with E-state index in [1.807, 2.05) is 12.2 Å². The van der Waals surface area contributed by atoms with Gasteiger partial charge in [0.05, 0.1) is 0 Å². The standard InChI is InChI=1S/C11H15NO3/c1-3-4-5-6-7-12-9(8-13)10(15-2)11(12)14/h3-5,8-10H,1,6-7H2,2H3/b5-4+/t9-,10+/m0/s1. The molecule has 1 heterocycles. The van der Waals surface area contributed by atoms with E-state index >= 15 is 0 Å². The molecule has 4 heteroatoms. The number of amides is 1. The Balaban J connectivity index is 2.42. The van der Waals surface area contributed by atoms with Gasteiger partial charge in [-0.3, -0.25) is 4.79 Å². The van der Waals surface area contributed by atoms with Crippen molar-refractivity contribution in [3.8, 4) is 0 Å². The van der Waals surface area contributed by atoms with Crippen molar-refractivity contribution in [1.82, 2.24) is 4.90 Å². The highest BCUT2D eigenvalue weighted by Gasteiger charge is 2.46. The number of carbonyl (C=O) groups is 2. The number of likely N-dealkylation sites (tertiary alicyclic amines) is 1. The van der Waals surface area contributed by atoms with Gasteiger partial charge < -0.3 is 14.4 Å². The number of allylic oxidation sites excluding steroid dienone is 2. The second kappa shape index (κ2) is 5.46. The van der Waals surface area contributed by atoms with Crippen molar-refractivity contribution in [2.45, 2.75) is 18.6 Å². The van der Waals surface area contributed by atoms with Crippen molar-refractivity contribution in [3.63, 3.8) is 0 Å². The SMILES string of the molecule is C=C/C=C/CCN1C(=O)[C@H](OC)[C@@H]1C=O. The molecule has 1 saturated heterocycles. The maximum Gasteiger partial charge on any atom is 0.255 e. The Morgan fingerprint density at radius 3 is 2.87 bits per heavy atom. The van der Waals surface area contributed by atoms with E-state index in [9.17, 15) is 9.59 Å². The van der Waals surface area contributed by atoms with Crippen LogP contribution >= 0.6 is 0 Å². The van der Waals surface area contributed by atoms with Crippen LogP contribution in [0.2, 0.25) is 0 Å². The molecule has 0 aromatic heterocycles. The topological polar surface area (TPSA) is 46.6 Å². The molecular weight excluding hydrogens is 194 g/mol. The quantitative estimate of drug-likeness (QED) is 0.364. The van der Waals surface area contributed by atoms with Crippen LogP contribution in [-0.2, 0) is 14.3 Å². The van der Waals surface area contributed by atoms with E-state index in [0.717, 1.165) is 12.7 Å². The van der Waals surface area contributed by atoms with Gasteiger partial charge in [0.1, 0.15) is 12.3 Å². The van der Waals surface area contributed by atoms with E-state index in [1.165, 1.54) is 12.0 Å². The van der Waals surface area contributed by atoms with Crippen molar-refractivity contribution in [1.29, 1.82) is 0 Å². The predicted molar refractivity (Wildman–Crippen MR) is 56.3 cm³/mol. The Bertz CT molecular complexity index is 286. The summed E-state index contributed by atoms with van der Waals surface area (Å²) in [6.07, 6.45) is 6.29. The highest BCUT2D eigenvalue weighted by Crippen LogP contribution is 2.21. The van der Waals surface area contributed by atoms with E-state index in [0.29, 0.717) is 6.54 Å². The highest BCUT2D eigenvalue weighted by atomic mass is 16.5. The first-order valence-corrected chi connectivity index (χ1v) is 4.82. The van der Waals surface area contributed by atoms with Crippen LogP contribution < -0.4 is 0 Å². The molecule has 0 N–H and O–H groups in total. The average molecular weight is 209 g/mol. The molecule has 1 aliphatic heterocycles. The van der Waals surface area contributed by atoms with Gasteiger partial charge in [-0.1, -0.05) is 24.8 Å². The number of ether oxygens (including phenoxy) is 1. The van der Waals surface area contributed by atoms with Gasteiger partial charge in [-0.25, -0.2) is 0 Å². The number of β-lactam (4-membered cyclic amide) rings is 1. The molecule has 2 atom stereocenters. The largest absolute Gasteiger partial charge is 0.369 e. The first-order valence-electron chi connectivity index (χ1n) is 4.82. The van der Waals surface area contributed by atoms with Crippen LogP contribution in [0.4, 0.5) is 0 Å². The summed E-state index contributed by atoms with van der Waals surface area (Å²) in [5.41, 5.74) is 0. The van der Waals surface area contributed by atoms with Crippen LogP contribution in [-0.4, -0.2) is 42.9 Å². The minimum Gasteiger partial charge on any atom is -0.369 e. The van der Waals surface area contributed by atoms with Crippen molar-refractivity contribution in [2.75, 3.05) is 13.7 Å². The van der Waals surface area contributed by atoms with E-state index in [-0.39, 0.29) is 5.91 Å². The Kier molecular flexibility index (Phi) is 4.24. The first kappa shape index (κ1) is 11.7. The summed E-state index contributed by atoms with van der Waals surface area (Å²) in [7, 11) is 1.44. The molecule has 0 bridgehead atoms. The number of hydrogen-bond donors (Lipinski definition) is 0. The number of nitrogens with zero attached hydrogens (tertiary/aromatic N) is 1. The smallest absolute Gasteiger partial charge is 0.255 e. The van der Waals surface area contributed by atoms with Gasteiger partial charge in [0.25, 0.3) is 5.91 Å². The fourth-order valence-electron chi connectivity index (χ4n) is 1.59. The molecule has 15 heavy (non-hydrogen) atoms.